The lowest BCUT2D eigenvalue weighted by Gasteiger charge is -2.11. The summed E-state index contributed by atoms with van der Waals surface area (Å²) < 4.78 is 2.02. The van der Waals surface area contributed by atoms with Crippen molar-refractivity contribution in [1.82, 2.24) is 9.55 Å². The molecule has 0 aliphatic heterocycles. The smallest absolute Gasteiger partial charge is 0.331 e. The number of hydrogen-bond acceptors (Lipinski definition) is 3. The van der Waals surface area contributed by atoms with Gasteiger partial charge < -0.3 is 9.67 Å². The molecule has 4 nitrogen and oxygen atoms in total. The van der Waals surface area contributed by atoms with Gasteiger partial charge in [-0.05, 0) is 35.1 Å². The molecule has 0 atom stereocenters. The molecule has 0 fully saturated rings. The lowest BCUT2D eigenvalue weighted by Crippen LogP contribution is -2.07. The second-order valence-electron chi connectivity index (χ2n) is 7.41. The van der Waals surface area contributed by atoms with Crippen molar-refractivity contribution < 1.29 is 9.90 Å². The molecule has 3 rings (SSSR count). The number of imidazole rings is 1. The first kappa shape index (κ1) is 23.9. The van der Waals surface area contributed by atoms with Crippen molar-refractivity contribution in [1.29, 1.82) is 0 Å². The third-order valence-electron chi connectivity index (χ3n) is 4.96. The zero-order chi connectivity index (χ0) is 22.8. The minimum atomic E-state index is -0.937. The predicted molar refractivity (Wildman–Crippen MR) is 133 cm³/mol. The number of allylic oxidation sites excluding steroid dienone is 1. The number of hydrogen-bond donors (Lipinski definition) is 1. The van der Waals surface area contributed by atoms with Crippen molar-refractivity contribution in [3.8, 4) is 0 Å². The van der Waals surface area contributed by atoms with Crippen molar-refractivity contribution in [2.24, 2.45) is 0 Å². The van der Waals surface area contributed by atoms with E-state index in [0.717, 1.165) is 41.2 Å². The van der Waals surface area contributed by atoms with Gasteiger partial charge in [0.25, 0.3) is 0 Å². The molecule has 0 aliphatic rings. The molecule has 0 saturated heterocycles. The van der Waals surface area contributed by atoms with Gasteiger partial charge in [-0.15, -0.1) is 0 Å². The molecule has 0 aliphatic carbocycles. The number of rotatable bonds is 11. The van der Waals surface area contributed by atoms with Crippen LogP contribution in [0.5, 0.6) is 0 Å². The van der Waals surface area contributed by atoms with Gasteiger partial charge in [0, 0.05) is 17.0 Å². The summed E-state index contributed by atoms with van der Waals surface area (Å²) in [6, 6.07) is 17.3. The van der Waals surface area contributed by atoms with Crippen LogP contribution in [0.3, 0.4) is 0 Å². The molecule has 166 valence electrons. The van der Waals surface area contributed by atoms with Crippen LogP contribution in [0.4, 0.5) is 0 Å². The van der Waals surface area contributed by atoms with E-state index in [1.165, 1.54) is 11.8 Å². The molecule has 32 heavy (non-hydrogen) atoms. The Kier molecular flexibility index (Phi) is 9.20. The van der Waals surface area contributed by atoms with Gasteiger partial charge in [-0.3, -0.25) is 0 Å². The number of halogens is 1. The van der Waals surface area contributed by atoms with E-state index in [2.05, 4.69) is 23.4 Å². The first-order valence-electron chi connectivity index (χ1n) is 10.7. The molecule has 0 unspecified atom stereocenters. The number of unbranched alkanes of at least 4 members (excludes halogenated alkanes) is 2. The minimum Gasteiger partial charge on any atom is -0.478 e. The van der Waals surface area contributed by atoms with E-state index in [-0.39, 0.29) is 0 Å². The quantitative estimate of drug-likeness (QED) is 0.186. The summed E-state index contributed by atoms with van der Waals surface area (Å²) in [6.45, 7) is 2.68. The summed E-state index contributed by atoms with van der Waals surface area (Å²) in [6.07, 6.45) is 9.27. The first-order valence-corrected chi connectivity index (χ1v) is 11.9. The molecular formula is C26H27ClN2O2S. The summed E-state index contributed by atoms with van der Waals surface area (Å²) >= 11 is 7.94. The maximum Gasteiger partial charge on any atom is 0.331 e. The lowest BCUT2D eigenvalue weighted by atomic mass is 10.0. The van der Waals surface area contributed by atoms with Gasteiger partial charge in [0.05, 0.1) is 18.4 Å². The number of thioether (sulfide) groups is 1. The number of carboxylic acid groups (broad SMARTS) is 1. The Morgan fingerprint density at radius 1 is 1.16 bits per heavy atom. The molecule has 1 aromatic heterocycles. The number of carbonyl (C=O) groups is 1. The topological polar surface area (TPSA) is 55.1 Å². The fraction of sp³-hybridized carbons (Fsp3) is 0.231. The Bertz CT molecular complexity index is 1090. The lowest BCUT2D eigenvalue weighted by molar-refractivity contribution is -0.132. The molecule has 0 bridgehead atoms. The molecule has 3 aromatic rings. The van der Waals surface area contributed by atoms with E-state index < -0.39 is 5.97 Å². The summed E-state index contributed by atoms with van der Waals surface area (Å²) in [5.74, 6) is -0.937. The molecule has 0 amide bonds. The maximum atomic E-state index is 12.0. The summed E-state index contributed by atoms with van der Waals surface area (Å²) in [4.78, 5) is 16.5. The SMILES string of the molecule is CCCCC=CSc1ncc(/C=C(\Cc2ccccc2)C(=O)O)n1Cc1ccccc1Cl. The molecule has 6 heteroatoms. The van der Waals surface area contributed by atoms with Gasteiger partial charge in [0.1, 0.15) is 0 Å². The average molecular weight is 467 g/mol. The Morgan fingerprint density at radius 2 is 1.91 bits per heavy atom. The second-order valence-corrected chi connectivity index (χ2v) is 8.69. The van der Waals surface area contributed by atoms with Crippen LogP contribution in [0, 0.1) is 0 Å². The highest BCUT2D eigenvalue weighted by Gasteiger charge is 2.14. The molecule has 1 heterocycles. The van der Waals surface area contributed by atoms with Crippen LogP contribution in [0.1, 0.15) is 43.0 Å². The van der Waals surface area contributed by atoms with Crippen LogP contribution < -0.4 is 0 Å². The standard InChI is InChI=1S/C26H27ClN2O2S/c1-2-3-4-10-15-32-26-28-18-23(29(26)19-21-13-8-9-14-24(21)27)17-22(25(30)31)16-20-11-6-5-7-12-20/h5-15,17-18H,2-4,16,19H2,1H3,(H,30,31)/b15-10?,22-17+. The number of aliphatic carboxylic acids is 1. The summed E-state index contributed by atoms with van der Waals surface area (Å²) in [5.41, 5.74) is 2.96. The normalized spacial score (nSPS) is 11.9. The van der Waals surface area contributed by atoms with Crippen molar-refractivity contribution in [3.63, 3.8) is 0 Å². The monoisotopic (exact) mass is 466 g/mol. The first-order chi connectivity index (χ1) is 15.6. The predicted octanol–water partition coefficient (Wildman–Crippen LogP) is 7.09. The van der Waals surface area contributed by atoms with Gasteiger partial charge in [-0.25, -0.2) is 9.78 Å². The second kappa shape index (κ2) is 12.3. The Labute approximate surface area is 198 Å². The minimum absolute atomic E-state index is 0.312. The van der Waals surface area contributed by atoms with E-state index in [1.54, 1.807) is 12.3 Å². The van der Waals surface area contributed by atoms with E-state index in [4.69, 9.17) is 11.6 Å². The highest BCUT2D eigenvalue weighted by atomic mass is 35.5. The van der Waals surface area contributed by atoms with Gasteiger partial charge >= 0.3 is 5.97 Å². The average Bonchev–Trinajstić information content (AvgIpc) is 3.16. The van der Waals surface area contributed by atoms with Crippen LogP contribution in [-0.2, 0) is 17.8 Å². The van der Waals surface area contributed by atoms with Crippen molar-refractivity contribution >= 4 is 35.4 Å². The van der Waals surface area contributed by atoms with E-state index in [1.807, 2.05) is 59.2 Å². The fourth-order valence-electron chi connectivity index (χ4n) is 3.22. The molecule has 0 radical (unpaired) electrons. The number of aromatic nitrogens is 2. The van der Waals surface area contributed by atoms with Crippen molar-refractivity contribution in [2.75, 3.05) is 0 Å². The van der Waals surface area contributed by atoms with Gasteiger partial charge in [0.2, 0.25) is 0 Å². The highest BCUT2D eigenvalue weighted by Crippen LogP contribution is 2.26. The van der Waals surface area contributed by atoms with Crippen LogP contribution in [-0.4, -0.2) is 20.6 Å². The Morgan fingerprint density at radius 3 is 2.62 bits per heavy atom. The molecule has 0 saturated carbocycles. The highest BCUT2D eigenvalue weighted by molar-refractivity contribution is 8.02. The van der Waals surface area contributed by atoms with E-state index in [0.29, 0.717) is 23.6 Å². The third-order valence-corrected chi connectivity index (χ3v) is 6.20. The zero-order valence-electron chi connectivity index (χ0n) is 18.1. The fourth-order valence-corrected chi connectivity index (χ4v) is 4.18. The van der Waals surface area contributed by atoms with Crippen LogP contribution >= 0.6 is 23.4 Å². The summed E-state index contributed by atoms with van der Waals surface area (Å²) in [7, 11) is 0. The Balaban J connectivity index is 1.94. The molecular weight excluding hydrogens is 440 g/mol. The number of carboxylic acids is 1. The van der Waals surface area contributed by atoms with Gasteiger partial charge in [-0.1, -0.05) is 97.7 Å². The summed E-state index contributed by atoms with van der Waals surface area (Å²) in [5, 5.41) is 13.3. The van der Waals surface area contributed by atoms with Gasteiger partial charge in [0.15, 0.2) is 5.16 Å². The van der Waals surface area contributed by atoms with Crippen LogP contribution in [0.15, 0.2) is 83.0 Å². The Hall–Kier alpha value is -2.76. The molecule has 0 spiro atoms. The molecule has 1 N–H and O–H groups in total. The molecule has 2 aromatic carbocycles. The van der Waals surface area contributed by atoms with E-state index in [9.17, 15) is 9.90 Å². The maximum absolute atomic E-state index is 12.0. The van der Waals surface area contributed by atoms with Crippen molar-refractivity contribution in [3.05, 3.63) is 99.7 Å². The van der Waals surface area contributed by atoms with Crippen LogP contribution in [0.25, 0.3) is 6.08 Å². The van der Waals surface area contributed by atoms with E-state index >= 15 is 0 Å². The number of benzene rings is 2. The van der Waals surface area contributed by atoms with Crippen molar-refractivity contribution in [2.45, 2.75) is 44.3 Å². The third kappa shape index (κ3) is 6.87. The largest absolute Gasteiger partial charge is 0.478 e. The van der Waals surface area contributed by atoms with Crippen LogP contribution in [0.2, 0.25) is 5.02 Å². The zero-order valence-corrected chi connectivity index (χ0v) is 19.6. The number of nitrogens with zero attached hydrogens (tertiary/aromatic N) is 2. The van der Waals surface area contributed by atoms with Gasteiger partial charge in [-0.2, -0.15) is 0 Å².